The maximum Gasteiger partial charge on any atom is 0.416 e. The highest BCUT2D eigenvalue weighted by Gasteiger charge is 2.33. The summed E-state index contributed by atoms with van der Waals surface area (Å²) in [6.07, 6.45) is -2.17. The maximum absolute atomic E-state index is 13.4. The standard InChI is InChI=1S/C22H27F3N2O5S/c1-4-5-6-12-26-21(28)15-27(17-9-7-8-16(13-17)22(23,24)25)33(29,30)18-10-11-19(31-2)20(14-18)32-3/h7-11,13-14H,4-6,12,15H2,1-3H3,(H,26,28). The van der Waals surface area contributed by atoms with Crippen LogP contribution in [0.15, 0.2) is 47.4 Å². The summed E-state index contributed by atoms with van der Waals surface area (Å²) < 4.78 is 77.6. The van der Waals surface area contributed by atoms with Crippen molar-refractivity contribution in [2.75, 3.05) is 31.6 Å². The molecule has 0 heterocycles. The number of nitrogens with zero attached hydrogens (tertiary/aromatic N) is 1. The molecule has 0 radical (unpaired) electrons. The van der Waals surface area contributed by atoms with E-state index in [4.69, 9.17) is 9.47 Å². The molecule has 11 heteroatoms. The first kappa shape index (κ1) is 26.3. The Balaban J connectivity index is 2.49. The normalized spacial score (nSPS) is 11.7. The molecule has 0 bridgehead atoms. The summed E-state index contributed by atoms with van der Waals surface area (Å²) in [7, 11) is -1.73. The van der Waals surface area contributed by atoms with Crippen LogP contribution in [-0.4, -0.2) is 41.6 Å². The van der Waals surface area contributed by atoms with Gasteiger partial charge in [-0.15, -0.1) is 0 Å². The molecule has 0 spiro atoms. The summed E-state index contributed by atoms with van der Waals surface area (Å²) in [6.45, 7) is 1.64. The zero-order valence-electron chi connectivity index (χ0n) is 18.6. The maximum atomic E-state index is 13.4. The van der Waals surface area contributed by atoms with E-state index in [2.05, 4.69) is 5.32 Å². The number of amides is 1. The van der Waals surface area contributed by atoms with Gasteiger partial charge >= 0.3 is 6.18 Å². The fourth-order valence-electron chi connectivity index (χ4n) is 3.05. The molecule has 0 fully saturated rings. The number of nitrogens with one attached hydrogen (secondary N) is 1. The third-order valence-corrected chi connectivity index (χ3v) is 6.56. The average Bonchev–Trinajstić information content (AvgIpc) is 2.79. The minimum absolute atomic E-state index is 0.117. The number of ether oxygens (including phenoxy) is 2. The van der Waals surface area contributed by atoms with Crippen LogP contribution in [0.2, 0.25) is 0 Å². The van der Waals surface area contributed by atoms with Gasteiger partial charge in [-0.05, 0) is 36.8 Å². The van der Waals surface area contributed by atoms with Gasteiger partial charge in [0.25, 0.3) is 10.0 Å². The Morgan fingerprint density at radius 3 is 2.33 bits per heavy atom. The molecule has 0 aromatic heterocycles. The molecule has 0 aliphatic carbocycles. The van der Waals surface area contributed by atoms with Gasteiger partial charge in [0.1, 0.15) is 6.54 Å². The number of sulfonamides is 1. The van der Waals surface area contributed by atoms with Crippen LogP contribution in [0.25, 0.3) is 0 Å². The molecule has 33 heavy (non-hydrogen) atoms. The van der Waals surface area contributed by atoms with Crippen LogP contribution in [-0.2, 0) is 21.0 Å². The molecule has 1 N–H and O–H groups in total. The third-order valence-electron chi connectivity index (χ3n) is 4.79. The molecule has 1 amide bonds. The number of unbranched alkanes of at least 4 members (excludes halogenated alkanes) is 2. The average molecular weight is 489 g/mol. The van der Waals surface area contributed by atoms with E-state index in [-0.39, 0.29) is 22.1 Å². The van der Waals surface area contributed by atoms with Gasteiger partial charge in [-0.1, -0.05) is 25.8 Å². The van der Waals surface area contributed by atoms with E-state index in [1.807, 2.05) is 6.92 Å². The van der Waals surface area contributed by atoms with Crippen LogP contribution in [0.4, 0.5) is 18.9 Å². The fraction of sp³-hybridized carbons (Fsp3) is 0.409. The topological polar surface area (TPSA) is 84.9 Å². The minimum atomic E-state index is -4.68. The second kappa shape index (κ2) is 11.3. The number of methoxy groups -OCH3 is 2. The predicted octanol–water partition coefficient (Wildman–Crippen LogP) is 4.22. The molecule has 2 aromatic rings. The van der Waals surface area contributed by atoms with E-state index in [0.717, 1.165) is 25.0 Å². The molecule has 0 saturated heterocycles. The quantitative estimate of drug-likeness (QED) is 0.479. The van der Waals surface area contributed by atoms with Crippen LogP contribution in [0.3, 0.4) is 0 Å². The largest absolute Gasteiger partial charge is 0.493 e. The van der Waals surface area contributed by atoms with Gasteiger partial charge in [0.05, 0.1) is 30.4 Å². The van der Waals surface area contributed by atoms with Crippen molar-refractivity contribution in [2.24, 2.45) is 0 Å². The summed E-state index contributed by atoms with van der Waals surface area (Å²) in [5.74, 6) is -0.241. The zero-order valence-corrected chi connectivity index (χ0v) is 19.4. The summed E-state index contributed by atoms with van der Waals surface area (Å²) in [5, 5.41) is 2.61. The van der Waals surface area contributed by atoms with Gasteiger partial charge in [-0.3, -0.25) is 9.10 Å². The van der Waals surface area contributed by atoms with Crippen LogP contribution in [0.5, 0.6) is 11.5 Å². The van der Waals surface area contributed by atoms with E-state index < -0.39 is 34.2 Å². The molecule has 0 atom stereocenters. The number of rotatable bonds is 11. The predicted molar refractivity (Wildman–Crippen MR) is 118 cm³/mol. The Bertz CT molecular complexity index is 1060. The summed E-state index contributed by atoms with van der Waals surface area (Å²) in [4.78, 5) is 12.2. The first-order chi connectivity index (χ1) is 15.5. The fourth-order valence-corrected chi connectivity index (χ4v) is 4.47. The second-order valence-corrected chi connectivity index (χ2v) is 9.00. The van der Waals surface area contributed by atoms with Crippen molar-refractivity contribution in [1.82, 2.24) is 5.32 Å². The van der Waals surface area contributed by atoms with Crippen LogP contribution < -0.4 is 19.1 Å². The molecule has 182 valence electrons. The Labute approximate surface area is 191 Å². The first-order valence-corrected chi connectivity index (χ1v) is 11.7. The Morgan fingerprint density at radius 1 is 1.03 bits per heavy atom. The smallest absolute Gasteiger partial charge is 0.416 e. The number of anilines is 1. The number of halogens is 3. The minimum Gasteiger partial charge on any atom is -0.493 e. The summed E-state index contributed by atoms with van der Waals surface area (Å²) in [6, 6.07) is 7.61. The number of hydrogen-bond donors (Lipinski definition) is 1. The van der Waals surface area contributed by atoms with E-state index in [1.165, 1.54) is 38.5 Å². The van der Waals surface area contributed by atoms with Crippen LogP contribution in [0.1, 0.15) is 31.7 Å². The van der Waals surface area contributed by atoms with Crippen molar-refractivity contribution in [2.45, 2.75) is 37.3 Å². The van der Waals surface area contributed by atoms with Gasteiger partial charge < -0.3 is 14.8 Å². The van der Waals surface area contributed by atoms with Gasteiger partial charge in [0.2, 0.25) is 5.91 Å². The molecule has 2 aromatic carbocycles. The second-order valence-electron chi connectivity index (χ2n) is 7.13. The van der Waals surface area contributed by atoms with E-state index in [0.29, 0.717) is 23.3 Å². The molecule has 0 aliphatic heterocycles. The summed E-state index contributed by atoms with van der Waals surface area (Å²) >= 11 is 0. The molecular weight excluding hydrogens is 461 g/mol. The van der Waals surface area contributed by atoms with Crippen molar-refractivity contribution in [3.8, 4) is 11.5 Å². The van der Waals surface area contributed by atoms with Crippen molar-refractivity contribution in [3.05, 3.63) is 48.0 Å². The van der Waals surface area contributed by atoms with Crippen LogP contribution in [0, 0.1) is 0 Å². The van der Waals surface area contributed by atoms with E-state index >= 15 is 0 Å². The highest BCUT2D eigenvalue weighted by Crippen LogP contribution is 2.35. The number of carbonyl (C=O) groups excluding carboxylic acids is 1. The number of alkyl halides is 3. The SMILES string of the molecule is CCCCCNC(=O)CN(c1cccc(C(F)(F)F)c1)S(=O)(=O)c1ccc(OC)c(OC)c1. The Morgan fingerprint density at radius 2 is 1.73 bits per heavy atom. The number of benzene rings is 2. The monoisotopic (exact) mass is 488 g/mol. The highest BCUT2D eigenvalue weighted by molar-refractivity contribution is 7.92. The lowest BCUT2D eigenvalue weighted by molar-refractivity contribution is -0.137. The highest BCUT2D eigenvalue weighted by atomic mass is 32.2. The molecule has 0 unspecified atom stereocenters. The van der Waals surface area contributed by atoms with E-state index in [1.54, 1.807) is 0 Å². The van der Waals surface area contributed by atoms with Gasteiger partial charge in [-0.25, -0.2) is 8.42 Å². The number of hydrogen-bond acceptors (Lipinski definition) is 5. The molecule has 0 aliphatic rings. The number of carbonyl (C=O) groups is 1. The molecule has 2 rings (SSSR count). The lowest BCUT2D eigenvalue weighted by Crippen LogP contribution is -2.41. The molecule has 0 saturated carbocycles. The summed E-state index contributed by atoms with van der Waals surface area (Å²) in [5.41, 5.74) is -1.32. The lowest BCUT2D eigenvalue weighted by Gasteiger charge is -2.25. The van der Waals surface area contributed by atoms with Gasteiger partial charge in [0.15, 0.2) is 11.5 Å². The van der Waals surface area contributed by atoms with Crippen LogP contribution >= 0.6 is 0 Å². The van der Waals surface area contributed by atoms with Crippen molar-refractivity contribution >= 4 is 21.6 Å². The lowest BCUT2D eigenvalue weighted by atomic mass is 10.2. The van der Waals surface area contributed by atoms with Gasteiger partial charge in [-0.2, -0.15) is 13.2 Å². The van der Waals surface area contributed by atoms with E-state index in [9.17, 15) is 26.4 Å². The first-order valence-electron chi connectivity index (χ1n) is 10.2. The molecule has 7 nitrogen and oxygen atoms in total. The van der Waals surface area contributed by atoms with Crippen molar-refractivity contribution < 1.29 is 35.9 Å². The zero-order chi connectivity index (χ0) is 24.6. The third kappa shape index (κ3) is 6.77. The van der Waals surface area contributed by atoms with Gasteiger partial charge in [0, 0.05) is 12.6 Å². The van der Waals surface area contributed by atoms with Crippen molar-refractivity contribution in [1.29, 1.82) is 0 Å². The Kier molecular flexibility index (Phi) is 8.98. The Hall–Kier alpha value is -2.95. The van der Waals surface area contributed by atoms with Crippen molar-refractivity contribution in [3.63, 3.8) is 0 Å². The molecular formula is C22H27F3N2O5S.